The number of carbonyl (C=O) groups is 1. The summed E-state index contributed by atoms with van der Waals surface area (Å²) in [6.45, 7) is 0. The van der Waals surface area contributed by atoms with E-state index in [9.17, 15) is 9.59 Å². The number of hydrogen-bond acceptors (Lipinski definition) is 4. The van der Waals surface area contributed by atoms with Crippen LogP contribution in [0.15, 0.2) is 58.5 Å². The molecular weight excluding hydrogens is 411 g/mol. The number of H-pyrrole nitrogens is 1. The minimum absolute atomic E-state index is 0.0101. The van der Waals surface area contributed by atoms with Crippen molar-refractivity contribution in [2.45, 2.75) is 5.16 Å². The Morgan fingerprint density at radius 3 is 2.73 bits per heavy atom. The highest BCUT2D eigenvalue weighted by Crippen LogP contribution is 2.18. The lowest BCUT2D eigenvalue weighted by atomic mass is 10.2. The van der Waals surface area contributed by atoms with Crippen LogP contribution < -0.4 is 5.56 Å². The van der Waals surface area contributed by atoms with E-state index in [-0.39, 0.29) is 17.1 Å². The van der Waals surface area contributed by atoms with Crippen molar-refractivity contribution in [3.8, 4) is 0 Å². The molecule has 0 saturated carbocycles. The van der Waals surface area contributed by atoms with Gasteiger partial charge in [0.2, 0.25) is 0 Å². The fourth-order valence-electron chi connectivity index (χ4n) is 2.00. The number of thioether (sulfide) groups is 1. The molecule has 0 saturated heterocycles. The van der Waals surface area contributed by atoms with E-state index < -0.39 is 0 Å². The fourth-order valence-corrected chi connectivity index (χ4v) is 3.25. The third-order valence-electron chi connectivity index (χ3n) is 3.08. The molecule has 0 aliphatic rings. The predicted molar refractivity (Wildman–Crippen MR) is 96.6 cm³/mol. The van der Waals surface area contributed by atoms with Gasteiger partial charge in [-0.05, 0) is 40.8 Å². The van der Waals surface area contributed by atoms with Crippen molar-refractivity contribution in [1.82, 2.24) is 9.97 Å². The topological polar surface area (TPSA) is 62.8 Å². The van der Waals surface area contributed by atoms with Gasteiger partial charge in [-0.25, -0.2) is 4.98 Å². The number of Topliss-reactive ketones (excluding diaryl/α,β-unsaturated/α-hetero) is 1. The molecule has 3 aromatic rings. The molecule has 6 heteroatoms. The maximum atomic E-state index is 12.1. The maximum Gasteiger partial charge on any atom is 0.259 e. The van der Waals surface area contributed by atoms with Gasteiger partial charge < -0.3 is 4.98 Å². The van der Waals surface area contributed by atoms with Crippen LogP contribution in [0.3, 0.4) is 0 Å². The summed E-state index contributed by atoms with van der Waals surface area (Å²) in [6, 6.07) is 14.6. The van der Waals surface area contributed by atoms with E-state index in [2.05, 4.69) is 32.6 Å². The number of nitrogens with one attached hydrogen (secondary N) is 1. The third kappa shape index (κ3) is 3.38. The molecule has 0 unspecified atom stereocenters. The maximum absolute atomic E-state index is 12.1. The van der Waals surface area contributed by atoms with Crippen molar-refractivity contribution in [1.29, 1.82) is 0 Å². The molecule has 110 valence electrons. The smallest absolute Gasteiger partial charge is 0.259 e. The number of carbonyl (C=O) groups excluding carboxylic acids is 1. The first kappa shape index (κ1) is 15.2. The number of ketones is 1. The monoisotopic (exact) mass is 422 g/mol. The minimum atomic E-state index is -0.182. The normalized spacial score (nSPS) is 10.8. The molecular formula is C16H11IN2O2S. The van der Waals surface area contributed by atoms with Crippen LogP contribution in [0.2, 0.25) is 0 Å². The Morgan fingerprint density at radius 2 is 1.95 bits per heavy atom. The van der Waals surface area contributed by atoms with E-state index in [0.29, 0.717) is 21.6 Å². The summed E-state index contributed by atoms with van der Waals surface area (Å²) in [5, 5.41) is 1.02. The number of aromatic nitrogens is 2. The van der Waals surface area contributed by atoms with Gasteiger partial charge in [-0.15, -0.1) is 0 Å². The first-order chi connectivity index (χ1) is 10.6. The lowest BCUT2D eigenvalue weighted by Gasteiger charge is -2.03. The largest absolute Gasteiger partial charge is 0.301 e. The van der Waals surface area contributed by atoms with Gasteiger partial charge in [-0.2, -0.15) is 0 Å². The molecule has 0 radical (unpaired) electrons. The zero-order chi connectivity index (χ0) is 15.5. The van der Waals surface area contributed by atoms with Crippen LogP contribution in [0, 0.1) is 3.57 Å². The lowest BCUT2D eigenvalue weighted by Crippen LogP contribution is -2.10. The number of fused-ring (bicyclic) bond motifs is 1. The van der Waals surface area contributed by atoms with Crippen LogP contribution in [0.25, 0.3) is 10.9 Å². The molecule has 0 spiro atoms. The third-order valence-corrected chi connectivity index (χ3v) is 4.63. The highest BCUT2D eigenvalue weighted by molar-refractivity contribution is 14.1. The van der Waals surface area contributed by atoms with Crippen molar-refractivity contribution in [3.63, 3.8) is 0 Å². The van der Waals surface area contributed by atoms with Gasteiger partial charge in [0.05, 0.1) is 16.7 Å². The standard InChI is InChI=1S/C16H11IN2O2S/c17-11-6-7-13-12(8-11)15(21)19-16(18-13)22-9-14(20)10-4-2-1-3-5-10/h1-8H,9H2,(H,18,19,21). The van der Waals surface area contributed by atoms with Gasteiger partial charge in [-0.3, -0.25) is 9.59 Å². The molecule has 22 heavy (non-hydrogen) atoms. The van der Waals surface area contributed by atoms with Gasteiger partial charge in [-0.1, -0.05) is 42.1 Å². The second-order valence-corrected chi connectivity index (χ2v) is 6.82. The van der Waals surface area contributed by atoms with E-state index in [0.717, 1.165) is 3.57 Å². The van der Waals surface area contributed by atoms with E-state index in [1.807, 2.05) is 30.3 Å². The predicted octanol–water partition coefficient (Wildman–Crippen LogP) is 3.50. The molecule has 1 aromatic heterocycles. The number of hydrogen-bond donors (Lipinski definition) is 1. The van der Waals surface area contributed by atoms with Crippen LogP contribution in [0.5, 0.6) is 0 Å². The molecule has 1 heterocycles. The summed E-state index contributed by atoms with van der Waals surface area (Å²) in [6.07, 6.45) is 0. The van der Waals surface area contributed by atoms with Gasteiger partial charge in [0.1, 0.15) is 0 Å². The minimum Gasteiger partial charge on any atom is -0.301 e. The molecule has 0 bridgehead atoms. The molecule has 1 N–H and O–H groups in total. The molecule has 4 nitrogen and oxygen atoms in total. The number of aromatic amines is 1. The summed E-state index contributed by atoms with van der Waals surface area (Å²) in [5.74, 6) is 0.249. The van der Waals surface area contributed by atoms with Gasteiger partial charge in [0.15, 0.2) is 10.9 Å². The number of nitrogens with zero attached hydrogens (tertiary/aromatic N) is 1. The van der Waals surface area contributed by atoms with E-state index in [4.69, 9.17) is 0 Å². The molecule has 0 aliphatic heterocycles. The summed E-state index contributed by atoms with van der Waals surface area (Å²) in [5.41, 5.74) is 1.12. The molecule has 0 aliphatic carbocycles. The Labute approximate surface area is 144 Å². The second kappa shape index (κ2) is 6.62. The molecule has 0 fully saturated rings. The van der Waals surface area contributed by atoms with Gasteiger partial charge >= 0.3 is 0 Å². The first-order valence-electron chi connectivity index (χ1n) is 6.54. The van der Waals surface area contributed by atoms with Crippen LogP contribution in [-0.2, 0) is 0 Å². The molecule has 2 aromatic carbocycles. The Morgan fingerprint density at radius 1 is 1.18 bits per heavy atom. The van der Waals surface area contributed by atoms with Crippen molar-refractivity contribution >= 4 is 51.0 Å². The Bertz CT molecular complexity index is 894. The number of rotatable bonds is 4. The van der Waals surface area contributed by atoms with Crippen molar-refractivity contribution < 1.29 is 4.79 Å². The van der Waals surface area contributed by atoms with Crippen LogP contribution in [0.1, 0.15) is 10.4 Å². The van der Waals surface area contributed by atoms with Gasteiger partial charge in [0.25, 0.3) is 5.56 Å². The van der Waals surface area contributed by atoms with Crippen molar-refractivity contribution in [3.05, 3.63) is 68.0 Å². The van der Waals surface area contributed by atoms with Crippen molar-refractivity contribution in [2.24, 2.45) is 0 Å². The number of benzene rings is 2. The summed E-state index contributed by atoms with van der Waals surface area (Å²) in [4.78, 5) is 31.3. The zero-order valence-electron chi connectivity index (χ0n) is 11.4. The summed E-state index contributed by atoms with van der Waals surface area (Å²) in [7, 11) is 0. The summed E-state index contributed by atoms with van der Waals surface area (Å²) < 4.78 is 0.983. The Hall–Kier alpha value is -1.67. The van der Waals surface area contributed by atoms with Crippen LogP contribution in [-0.4, -0.2) is 21.5 Å². The lowest BCUT2D eigenvalue weighted by molar-refractivity contribution is 0.102. The van der Waals surface area contributed by atoms with Crippen molar-refractivity contribution in [2.75, 3.05) is 5.75 Å². The highest BCUT2D eigenvalue weighted by Gasteiger charge is 2.09. The average Bonchev–Trinajstić information content (AvgIpc) is 2.54. The SMILES string of the molecule is O=C(CSc1nc2ccc(I)cc2c(=O)[nH]1)c1ccccc1. The fraction of sp³-hybridized carbons (Fsp3) is 0.0625. The van der Waals surface area contributed by atoms with Crippen LogP contribution in [0.4, 0.5) is 0 Å². The first-order valence-corrected chi connectivity index (χ1v) is 8.60. The van der Waals surface area contributed by atoms with E-state index in [1.165, 1.54) is 11.8 Å². The summed E-state index contributed by atoms with van der Waals surface area (Å²) >= 11 is 3.39. The zero-order valence-corrected chi connectivity index (χ0v) is 14.3. The van der Waals surface area contributed by atoms with E-state index >= 15 is 0 Å². The molecule has 3 rings (SSSR count). The molecule has 0 atom stereocenters. The molecule has 0 amide bonds. The number of halogens is 1. The Balaban J connectivity index is 1.81. The van der Waals surface area contributed by atoms with Crippen LogP contribution >= 0.6 is 34.4 Å². The van der Waals surface area contributed by atoms with E-state index in [1.54, 1.807) is 18.2 Å². The quantitative estimate of drug-likeness (QED) is 0.303. The second-order valence-electron chi connectivity index (χ2n) is 4.61. The average molecular weight is 422 g/mol. The van der Waals surface area contributed by atoms with Gasteiger partial charge in [0, 0.05) is 9.13 Å². The highest BCUT2D eigenvalue weighted by atomic mass is 127. The Kier molecular flexibility index (Phi) is 4.58.